The standard InChI is InChI=1S/C32H38Cl3N3O7S/c1-7-20(3)36-32(40)26(8-2)37(18-23-24(34)10-9-11-25(23)35)31(39)19-38(27-16-21(33)12-14-28(27)43-4)46(41,42)22-13-15-29(44-5)30(17-22)45-6/h9-17,20,26H,7-8,18-19H2,1-6H3,(H,36,40)/t20-,26-/m1/s1. The van der Waals surface area contributed by atoms with Gasteiger partial charge in [-0.05, 0) is 62.2 Å². The van der Waals surface area contributed by atoms with Crippen molar-refractivity contribution in [1.29, 1.82) is 0 Å². The molecule has 250 valence electrons. The van der Waals surface area contributed by atoms with Gasteiger partial charge in [-0.1, -0.05) is 54.7 Å². The van der Waals surface area contributed by atoms with Crippen LogP contribution in [0.25, 0.3) is 0 Å². The van der Waals surface area contributed by atoms with E-state index in [0.717, 1.165) is 4.31 Å². The lowest BCUT2D eigenvalue weighted by Crippen LogP contribution is -2.53. The van der Waals surface area contributed by atoms with Crippen LogP contribution in [0.5, 0.6) is 17.2 Å². The molecule has 3 aromatic rings. The maximum absolute atomic E-state index is 14.4. The first kappa shape index (κ1) is 37.1. The van der Waals surface area contributed by atoms with E-state index in [-0.39, 0.29) is 56.2 Å². The third-order valence-electron chi connectivity index (χ3n) is 7.41. The van der Waals surface area contributed by atoms with Crippen LogP contribution in [0, 0.1) is 0 Å². The summed E-state index contributed by atoms with van der Waals surface area (Å²) in [5.41, 5.74) is 0.412. The van der Waals surface area contributed by atoms with Crippen molar-refractivity contribution in [2.24, 2.45) is 0 Å². The zero-order valence-electron chi connectivity index (χ0n) is 26.5. The summed E-state index contributed by atoms with van der Waals surface area (Å²) in [6, 6.07) is 12.2. The molecule has 2 amide bonds. The quantitative estimate of drug-likeness (QED) is 0.189. The minimum absolute atomic E-state index is 0.00552. The molecular weight excluding hydrogens is 677 g/mol. The molecule has 0 saturated carbocycles. The van der Waals surface area contributed by atoms with Gasteiger partial charge >= 0.3 is 0 Å². The van der Waals surface area contributed by atoms with Crippen molar-refractivity contribution >= 4 is 62.3 Å². The number of amides is 2. The lowest BCUT2D eigenvalue weighted by Gasteiger charge is -2.34. The predicted octanol–water partition coefficient (Wildman–Crippen LogP) is 6.59. The van der Waals surface area contributed by atoms with Crippen molar-refractivity contribution in [3.8, 4) is 17.2 Å². The van der Waals surface area contributed by atoms with E-state index in [1.54, 1.807) is 25.1 Å². The summed E-state index contributed by atoms with van der Waals surface area (Å²) in [6.45, 7) is 4.63. The van der Waals surface area contributed by atoms with Gasteiger partial charge in [0.1, 0.15) is 18.3 Å². The number of hydrogen-bond acceptors (Lipinski definition) is 7. The first-order valence-corrected chi connectivity index (χ1v) is 17.0. The number of sulfonamides is 1. The van der Waals surface area contributed by atoms with Crippen molar-refractivity contribution < 1.29 is 32.2 Å². The second-order valence-corrected chi connectivity index (χ2v) is 13.4. The van der Waals surface area contributed by atoms with Crippen LogP contribution < -0.4 is 23.8 Å². The van der Waals surface area contributed by atoms with E-state index < -0.39 is 34.4 Å². The molecule has 0 radical (unpaired) electrons. The van der Waals surface area contributed by atoms with Crippen molar-refractivity contribution in [2.45, 2.75) is 57.1 Å². The molecule has 3 rings (SSSR count). The number of nitrogens with one attached hydrogen (secondary N) is 1. The molecule has 0 aliphatic heterocycles. The van der Waals surface area contributed by atoms with E-state index in [9.17, 15) is 18.0 Å². The Morgan fingerprint density at radius 3 is 2.02 bits per heavy atom. The number of nitrogens with zero attached hydrogens (tertiary/aromatic N) is 2. The summed E-state index contributed by atoms with van der Waals surface area (Å²) in [5, 5.41) is 3.70. The third kappa shape index (κ3) is 8.50. The molecule has 1 N–H and O–H groups in total. The minimum atomic E-state index is -4.50. The fourth-order valence-corrected chi connectivity index (χ4v) is 6.81. The Balaban J connectivity index is 2.21. The Bertz CT molecular complexity index is 1640. The average Bonchev–Trinajstić information content (AvgIpc) is 3.04. The molecule has 0 bridgehead atoms. The smallest absolute Gasteiger partial charge is 0.265 e. The lowest BCUT2D eigenvalue weighted by atomic mass is 10.1. The molecule has 0 saturated heterocycles. The summed E-state index contributed by atoms with van der Waals surface area (Å²) in [6.07, 6.45) is 0.886. The van der Waals surface area contributed by atoms with Crippen LogP contribution in [0.2, 0.25) is 15.1 Å². The first-order valence-electron chi connectivity index (χ1n) is 14.4. The largest absolute Gasteiger partial charge is 0.495 e. The number of anilines is 1. The van der Waals surface area contributed by atoms with Crippen LogP contribution in [-0.2, 0) is 26.2 Å². The third-order valence-corrected chi connectivity index (χ3v) is 10.1. The Labute approximate surface area is 285 Å². The number of carbonyl (C=O) groups is 2. The number of hydrogen-bond donors (Lipinski definition) is 1. The molecule has 0 fully saturated rings. The fourth-order valence-electron chi connectivity index (χ4n) is 4.69. The van der Waals surface area contributed by atoms with Gasteiger partial charge in [0.15, 0.2) is 11.5 Å². The van der Waals surface area contributed by atoms with Crippen LogP contribution in [-0.4, -0.2) is 65.1 Å². The van der Waals surface area contributed by atoms with Gasteiger partial charge in [-0.2, -0.15) is 0 Å². The van der Waals surface area contributed by atoms with Gasteiger partial charge in [0, 0.05) is 39.3 Å². The van der Waals surface area contributed by atoms with E-state index in [1.165, 1.54) is 62.6 Å². The maximum atomic E-state index is 14.4. The van der Waals surface area contributed by atoms with Gasteiger partial charge in [0.2, 0.25) is 11.8 Å². The molecule has 0 aliphatic carbocycles. The van der Waals surface area contributed by atoms with Crippen molar-refractivity contribution in [3.05, 3.63) is 75.2 Å². The summed E-state index contributed by atoms with van der Waals surface area (Å²) >= 11 is 19.3. The van der Waals surface area contributed by atoms with Crippen LogP contribution in [0.4, 0.5) is 5.69 Å². The second kappa shape index (κ2) is 16.4. The number of methoxy groups -OCH3 is 3. The van der Waals surface area contributed by atoms with E-state index in [0.29, 0.717) is 17.7 Å². The zero-order valence-corrected chi connectivity index (χ0v) is 29.6. The van der Waals surface area contributed by atoms with E-state index in [1.807, 2.05) is 13.8 Å². The highest BCUT2D eigenvalue weighted by Gasteiger charge is 2.36. The highest BCUT2D eigenvalue weighted by atomic mass is 35.5. The van der Waals surface area contributed by atoms with Crippen molar-refractivity contribution in [3.63, 3.8) is 0 Å². The molecule has 3 aromatic carbocycles. The lowest BCUT2D eigenvalue weighted by molar-refractivity contribution is -0.140. The summed E-state index contributed by atoms with van der Waals surface area (Å²) < 4.78 is 45.8. The molecule has 2 atom stereocenters. The summed E-state index contributed by atoms with van der Waals surface area (Å²) in [5.74, 6) is -0.485. The maximum Gasteiger partial charge on any atom is 0.265 e. The Kier molecular flexibility index (Phi) is 13.3. The molecule has 0 unspecified atom stereocenters. The van der Waals surface area contributed by atoms with Gasteiger partial charge in [-0.15, -0.1) is 0 Å². The Morgan fingerprint density at radius 2 is 1.46 bits per heavy atom. The predicted molar refractivity (Wildman–Crippen MR) is 181 cm³/mol. The molecular formula is C32H38Cl3N3O7S. The molecule has 0 spiro atoms. The van der Waals surface area contributed by atoms with Gasteiger partial charge < -0.3 is 24.4 Å². The van der Waals surface area contributed by atoms with Gasteiger partial charge in [-0.25, -0.2) is 8.42 Å². The number of benzene rings is 3. The molecule has 14 heteroatoms. The van der Waals surface area contributed by atoms with Crippen molar-refractivity contribution in [1.82, 2.24) is 10.2 Å². The van der Waals surface area contributed by atoms with Crippen LogP contribution in [0.15, 0.2) is 59.5 Å². The van der Waals surface area contributed by atoms with Gasteiger partial charge in [-0.3, -0.25) is 13.9 Å². The Hall–Kier alpha value is -3.38. The molecule has 0 aliphatic rings. The van der Waals surface area contributed by atoms with Crippen LogP contribution in [0.3, 0.4) is 0 Å². The molecule has 46 heavy (non-hydrogen) atoms. The van der Waals surface area contributed by atoms with Gasteiger partial charge in [0.25, 0.3) is 10.0 Å². The summed E-state index contributed by atoms with van der Waals surface area (Å²) in [7, 11) is -0.323. The number of ether oxygens (including phenoxy) is 3. The number of halogens is 3. The zero-order chi connectivity index (χ0) is 34.2. The molecule has 0 aromatic heterocycles. The fraction of sp³-hybridized carbons (Fsp3) is 0.375. The Morgan fingerprint density at radius 1 is 0.848 bits per heavy atom. The van der Waals surface area contributed by atoms with Crippen LogP contribution in [0.1, 0.15) is 39.2 Å². The van der Waals surface area contributed by atoms with E-state index in [4.69, 9.17) is 49.0 Å². The summed E-state index contributed by atoms with van der Waals surface area (Å²) in [4.78, 5) is 29.1. The highest BCUT2D eigenvalue weighted by molar-refractivity contribution is 7.92. The normalized spacial score (nSPS) is 12.5. The van der Waals surface area contributed by atoms with E-state index >= 15 is 0 Å². The highest BCUT2D eigenvalue weighted by Crippen LogP contribution is 2.37. The number of carbonyl (C=O) groups excluding carboxylic acids is 2. The molecule has 0 heterocycles. The average molecular weight is 715 g/mol. The van der Waals surface area contributed by atoms with Crippen molar-refractivity contribution in [2.75, 3.05) is 32.2 Å². The van der Waals surface area contributed by atoms with Crippen LogP contribution >= 0.6 is 34.8 Å². The van der Waals surface area contributed by atoms with Gasteiger partial charge in [0.05, 0.1) is 31.9 Å². The monoisotopic (exact) mass is 713 g/mol. The molecule has 10 nitrogen and oxygen atoms in total. The topological polar surface area (TPSA) is 114 Å². The number of rotatable bonds is 15. The SMILES string of the molecule is CC[C@@H](C)NC(=O)[C@@H](CC)N(Cc1c(Cl)cccc1Cl)C(=O)CN(c1cc(Cl)ccc1OC)S(=O)(=O)c1ccc(OC)c(OC)c1. The second-order valence-electron chi connectivity index (χ2n) is 10.3. The van der Waals surface area contributed by atoms with E-state index in [2.05, 4.69) is 5.32 Å². The minimum Gasteiger partial charge on any atom is -0.495 e. The first-order chi connectivity index (χ1) is 21.8.